The molecule has 0 radical (unpaired) electrons. The molecular weight excluding hydrogens is 231 g/mol. The van der Waals surface area contributed by atoms with E-state index in [0.29, 0.717) is 18.2 Å². The number of nitrogens with zero attached hydrogens (tertiary/aromatic N) is 1. The maximum absolute atomic E-state index is 13.8. The minimum Gasteiger partial charge on any atom is -0.399 e. The van der Waals surface area contributed by atoms with Crippen LogP contribution in [0.2, 0.25) is 0 Å². The monoisotopic (exact) mass is 250 g/mol. The van der Waals surface area contributed by atoms with Crippen LogP contribution in [0.4, 0.5) is 10.1 Å². The Morgan fingerprint density at radius 3 is 2.67 bits per heavy atom. The molecule has 1 aliphatic carbocycles. The summed E-state index contributed by atoms with van der Waals surface area (Å²) in [5.74, 6) is -0.371. The third kappa shape index (κ3) is 2.81. The van der Waals surface area contributed by atoms with Crippen molar-refractivity contribution in [1.82, 2.24) is 4.90 Å². The van der Waals surface area contributed by atoms with Gasteiger partial charge in [0.15, 0.2) is 0 Å². The number of anilines is 1. The molecule has 0 saturated heterocycles. The number of nitrogen functional groups attached to an aromatic ring is 1. The van der Waals surface area contributed by atoms with Gasteiger partial charge in [-0.25, -0.2) is 4.39 Å². The van der Waals surface area contributed by atoms with Crippen molar-refractivity contribution in [1.29, 1.82) is 0 Å². The first-order valence-electron chi connectivity index (χ1n) is 6.35. The minimum atomic E-state index is -0.533. The Morgan fingerprint density at radius 2 is 2.17 bits per heavy atom. The lowest BCUT2D eigenvalue weighted by molar-refractivity contribution is 0.0718. The Hall–Kier alpha value is -1.58. The number of benzene rings is 1. The number of rotatable bonds is 4. The summed E-state index contributed by atoms with van der Waals surface area (Å²) < 4.78 is 13.8. The number of halogens is 1. The fraction of sp³-hybridized carbons (Fsp3) is 0.500. The molecule has 18 heavy (non-hydrogen) atoms. The number of hydrogen-bond acceptors (Lipinski definition) is 2. The molecule has 4 heteroatoms. The summed E-state index contributed by atoms with van der Waals surface area (Å²) in [4.78, 5) is 14.1. The zero-order chi connectivity index (χ0) is 13.3. The maximum atomic E-state index is 13.8. The van der Waals surface area contributed by atoms with Gasteiger partial charge in [-0.15, -0.1) is 0 Å². The second-order valence-electron chi connectivity index (χ2n) is 5.32. The Kier molecular flexibility index (Phi) is 3.55. The van der Waals surface area contributed by atoms with E-state index in [9.17, 15) is 9.18 Å². The number of carbonyl (C=O) groups is 1. The fourth-order valence-electron chi connectivity index (χ4n) is 2.04. The van der Waals surface area contributed by atoms with Gasteiger partial charge in [0.05, 0.1) is 5.56 Å². The molecule has 0 aliphatic heterocycles. The molecule has 0 aromatic heterocycles. The Balaban J connectivity index is 2.22. The smallest absolute Gasteiger partial charge is 0.257 e. The van der Waals surface area contributed by atoms with E-state index < -0.39 is 5.82 Å². The summed E-state index contributed by atoms with van der Waals surface area (Å²) >= 11 is 0. The van der Waals surface area contributed by atoms with Gasteiger partial charge >= 0.3 is 0 Å². The van der Waals surface area contributed by atoms with Crippen LogP contribution in [0.1, 0.15) is 37.0 Å². The van der Waals surface area contributed by atoms with Gasteiger partial charge in [0, 0.05) is 18.3 Å². The van der Waals surface area contributed by atoms with Crippen LogP contribution in [0.25, 0.3) is 0 Å². The molecule has 0 bridgehead atoms. The predicted molar refractivity (Wildman–Crippen MR) is 69.7 cm³/mol. The molecule has 1 fully saturated rings. The molecule has 0 spiro atoms. The van der Waals surface area contributed by atoms with Crippen LogP contribution in [-0.4, -0.2) is 23.4 Å². The van der Waals surface area contributed by atoms with Crippen molar-refractivity contribution in [2.75, 3.05) is 12.3 Å². The third-order valence-electron chi connectivity index (χ3n) is 3.03. The van der Waals surface area contributed by atoms with Crippen molar-refractivity contribution in [2.24, 2.45) is 5.92 Å². The molecule has 3 nitrogen and oxygen atoms in total. The predicted octanol–water partition coefficient (Wildman–Crippen LogP) is 2.67. The largest absolute Gasteiger partial charge is 0.399 e. The SMILES string of the molecule is CC(C)CN(C(=O)c1ccc(N)cc1F)C1CC1. The molecule has 1 saturated carbocycles. The summed E-state index contributed by atoms with van der Waals surface area (Å²) in [6, 6.07) is 4.53. The molecule has 0 heterocycles. The van der Waals surface area contributed by atoms with Gasteiger partial charge in [-0.1, -0.05) is 13.8 Å². The van der Waals surface area contributed by atoms with Gasteiger partial charge in [-0.2, -0.15) is 0 Å². The van der Waals surface area contributed by atoms with Crippen molar-refractivity contribution in [3.05, 3.63) is 29.6 Å². The van der Waals surface area contributed by atoms with Gasteiger partial charge in [0.2, 0.25) is 0 Å². The number of hydrogen-bond donors (Lipinski definition) is 1. The molecular formula is C14H19FN2O. The van der Waals surface area contributed by atoms with Gasteiger partial charge in [0.25, 0.3) is 5.91 Å². The highest BCUT2D eigenvalue weighted by Crippen LogP contribution is 2.29. The van der Waals surface area contributed by atoms with Crippen LogP contribution < -0.4 is 5.73 Å². The summed E-state index contributed by atoms with van der Waals surface area (Å²) in [6.07, 6.45) is 2.05. The minimum absolute atomic E-state index is 0.122. The molecule has 1 amide bonds. The molecule has 2 N–H and O–H groups in total. The normalized spacial score (nSPS) is 14.9. The highest BCUT2D eigenvalue weighted by molar-refractivity contribution is 5.95. The molecule has 2 rings (SSSR count). The Morgan fingerprint density at radius 1 is 1.50 bits per heavy atom. The van der Waals surface area contributed by atoms with Crippen molar-refractivity contribution in [3.8, 4) is 0 Å². The molecule has 0 atom stereocenters. The first-order valence-corrected chi connectivity index (χ1v) is 6.35. The van der Waals surface area contributed by atoms with E-state index in [1.54, 1.807) is 11.0 Å². The average molecular weight is 250 g/mol. The van der Waals surface area contributed by atoms with E-state index in [1.807, 2.05) is 0 Å². The van der Waals surface area contributed by atoms with Crippen LogP contribution in [0.3, 0.4) is 0 Å². The summed E-state index contributed by atoms with van der Waals surface area (Å²) in [5.41, 5.74) is 5.95. The Bertz CT molecular complexity index is 455. The highest BCUT2D eigenvalue weighted by Gasteiger charge is 2.34. The molecule has 1 aromatic rings. The molecule has 0 unspecified atom stereocenters. The van der Waals surface area contributed by atoms with Crippen molar-refractivity contribution in [3.63, 3.8) is 0 Å². The van der Waals surface area contributed by atoms with Crippen LogP contribution in [0.15, 0.2) is 18.2 Å². The van der Waals surface area contributed by atoms with Crippen LogP contribution in [0.5, 0.6) is 0 Å². The summed E-state index contributed by atoms with van der Waals surface area (Å²) in [5, 5.41) is 0. The first-order chi connectivity index (χ1) is 8.49. The lowest BCUT2D eigenvalue weighted by Gasteiger charge is -2.24. The van der Waals surface area contributed by atoms with Crippen LogP contribution >= 0.6 is 0 Å². The van der Waals surface area contributed by atoms with Crippen molar-refractivity contribution in [2.45, 2.75) is 32.7 Å². The lowest BCUT2D eigenvalue weighted by Crippen LogP contribution is -2.36. The Labute approximate surface area is 107 Å². The highest BCUT2D eigenvalue weighted by atomic mass is 19.1. The van der Waals surface area contributed by atoms with Crippen LogP contribution in [0, 0.1) is 11.7 Å². The second-order valence-corrected chi connectivity index (χ2v) is 5.32. The van der Waals surface area contributed by atoms with Crippen molar-refractivity contribution < 1.29 is 9.18 Å². The van der Waals surface area contributed by atoms with Gasteiger partial charge in [-0.3, -0.25) is 4.79 Å². The summed E-state index contributed by atoms with van der Waals surface area (Å²) in [6.45, 7) is 4.79. The van der Waals surface area contributed by atoms with E-state index >= 15 is 0 Å². The zero-order valence-electron chi connectivity index (χ0n) is 10.8. The fourth-order valence-corrected chi connectivity index (χ4v) is 2.04. The van der Waals surface area contributed by atoms with E-state index in [1.165, 1.54) is 12.1 Å². The number of nitrogens with two attached hydrogens (primary N) is 1. The third-order valence-corrected chi connectivity index (χ3v) is 3.03. The molecule has 1 aromatic carbocycles. The second kappa shape index (κ2) is 4.96. The van der Waals surface area contributed by atoms with Gasteiger partial charge < -0.3 is 10.6 Å². The molecule has 98 valence electrons. The first kappa shape index (κ1) is 12.9. The molecule has 1 aliphatic rings. The standard InChI is InChI=1S/C14H19FN2O/c1-9(2)8-17(11-4-5-11)14(18)12-6-3-10(16)7-13(12)15/h3,6-7,9,11H,4-5,8,16H2,1-2H3. The summed E-state index contributed by atoms with van der Waals surface area (Å²) in [7, 11) is 0. The lowest BCUT2D eigenvalue weighted by atomic mass is 10.1. The van der Waals surface area contributed by atoms with E-state index in [-0.39, 0.29) is 17.5 Å². The topological polar surface area (TPSA) is 46.3 Å². The van der Waals surface area contributed by atoms with E-state index in [2.05, 4.69) is 13.8 Å². The van der Waals surface area contributed by atoms with Gasteiger partial charge in [0.1, 0.15) is 5.82 Å². The maximum Gasteiger partial charge on any atom is 0.257 e. The number of carbonyl (C=O) groups excluding carboxylic acids is 1. The van der Waals surface area contributed by atoms with E-state index in [0.717, 1.165) is 12.8 Å². The number of amides is 1. The van der Waals surface area contributed by atoms with E-state index in [4.69, 9.17) is 5.73 Å². The average Bonchev–Trinajstić information content (AvgIpc) is 3.08. The van der Waals surface area contributed by atoms with Gasteiger partial charge in [-0.05, 0) is 37.0 Å². The van der Waals surface area contributed by atoms with Crippen molar-refractivity contribution >= 4 is 11.6 Å². The zero-order valence-corrected chi connectivity index (χ0v) is 10.8. The van der Waals surface area contributed by atoms with Crippen LogP contribution in [-0.2, 0) is 0 Å². The quantitative estimate of drug-likeness (QED) is 0.835.